The standard InChI is InChI=1S/C18H20ClNO/c1-3-17(16-10-5-4-7-13(16)2)20-18(21)12-14-8-6-9-15(19)11-14/h4-11,17H,3,12H2,1-2H3,(H,20,21)/t17-/m0/s1. The van der Waals surface area contributed by atoms with Crippen LogP contribution in [0.15, 0.2) is 48.5 Å². The van der Waals surface area contributed by atoms with Gasteiger partial charge in [0.1, 0.15) is 0 Å². The highest BCUT2D eigenvalue weighted by atomic mass is 35.5. The fourth-order valence-electron chi connectivity index (χ4n) is 2.46. The van der Waals surface area contributed by atoms with Gasteiger partial charge in [0.25, 0.3) is 0 Å². The molecule has 0 aliphatic heterocycles. The molecule has 1 amide bonds. The van der Waals surface area contributed by atoms with E-state index in [1.54, 1.807) is 0 Å². The third-order valence-corrected chi connectivity index (χ3v) is 3.80. The number of halogens is 1. The zero-order chi connectivity index (χ0) is 15.2. The Morgan fingerprint density at radius 2 is 1.95 bits per heavy atom. The first kappa shape index (κ1) is 15.6. The van der Waals surface area contributed by atoms with Crippen LogP contribution in [-0.4, -0.2) is 5.91 Å². The number of carbonyl (C=O) groups is 1. The predicted molar refractivity (Wildman–Crippen MR) is 87.5 cm³/mol. The first-order valence-electron chi connectivity index (χ1n) is 7.19. The van der Waals surface area contributed by atoms with Crippen molar-refractivity contribution in [3.63, 3.8) is 0 Å². The van der Waals surface area contributed by atoms with Crippen molar-refractivity contribution in [2.45, 2.75) is 32.7 Å². The van der Waals surface area contributed by atoms with Crippen molar-refractivity contribution in [2.75, 3.05) is 0 Å². The molecule has 2 aromatic carbocycles. The lowest BCUT2D eigenvalue weighted by atomic mass is 9.99. The number of aryl methyl sites for hydroxylation is 1. The highest BCUT2D eigenvalue weighted by molar-refractivity contribution is 6.30. The van der Waals surface area contributed by atoms with Gasteiger partial charge < -0.3 is 5.32 Å². The summed E-state index contributed by atoms with van der Waals surface area (Å²) in [5.74, 6) is 0.0207. The number of nitrogens with one attached hydrogen (secondary N) is 1. The minimum Gasteiger partial charge on any atom is -0.349 e. The second-order valence-electron chi connectivity index (χ2n) is 5.19. The van der Waals surface area contributed by atoms with Crippen LogP contribution in [0.1, 0.15) is 36.1 Å². The van der Waals surface area contributed by atoms with Crippen LogP contribution < -0.4 is 5.32 Å². The maximum Gasteiger partial charge on any atom is 0.224 e. The molecule has 2 rings (SSSR count). The second-order valence-corrected chi connectivity index (χ2v) is 5.63. The van der Waals surface area contributed by atoms with Gasteiger partial charge in [-0.05, 0) is 42.2 Å². The van der Waals surface area contributed by atoms with Gasteiger partial charge in [0, 0.05) is 5.02 Å². The van der Waals surface area contributed by atoms with Crippen molar-refractivity contribution < 1.29 is 4.79 Å². The quantitative estimate of drug-likeness (QED) is 0.868. The van der Waals surface area contributed by atoms with E-state index in [9.17, 15) is 4.79 Å². The zero-order valence-corrected chi connectivity index (χ0v) is 13.2. The Kier molecular flexibility index (Phi) is 5.40. The monoisotopic (exact) mass is 301 g/mol. The van der Waals surface area contributed by atoms with Crippen LogP contribution in [0.25, 0.3) is 0 Å². The number of benzene rings is 2. The van der Waals surface area contributed by atoms with Crippen molar-refractivity contribution in [1.82, 2.24) is 5.32 Å². The van der Waals surface area contributed by atoms with Crippen molar-refractivity contribution in [3.8, 4) is 0 Å². The first-order valence-corrected chi connectivity index (χ1v) is 7.57. The van der Waals surface area contributed by atoms with E-state index in [1.807, 2.05) is 36.4 Å². The second kappa shape index (κ2) is 7.28. The highest BCUT2D eigenvalue weighted by Crippen LogP contribution is 2.20. The number of hydrogen-bond donors (Lipinski definition) is 1. The molecule has 2 nitrogen and oxygen atoms in total. The fraction of sp³-hybridized carbons (Fsp3) is 0.278. The van der Waals surface area contributed by atoms with Crippen molar-refractivity contribution in [3.05, 3.63) is 70.2 Å². The minimum atomic E-state index is 0.0207. The van der Waals surface area contributed by atoms with E-state index in [1.165, 1.54) is 11.1 Å². The van der Waals surface area contributed by atoms with E-state index < -0.39 is 0 Å². The third kappa shape index (κ3) is 4.33. The summed E-state index contributed by atoms with van der Waals surface area (Å²) in [6, 6.07) is 15.6. The van der Waals surface area contributed by atoms with Gasteiger partial charge in [-0.15, -0.1) is 0 Å². The van der Waals surface area contributed by atoms with E-state index in [4.69, 9.17) is 11.6 Å². The zero-order valence-electron chi connectivity index (χ0n) is 12.4. The van der Waals surface area contributed by atoms with Crippen LogP contribution >= 0.6 is 11.6 Å². The minimum absolute atomic E-state index is 0.0207. The first-order chi connectivity index (χ1) is 10.1. The summed E-state index contributed by atoms with van der Waals surface area (Å²) in [7, 11) is 0. The fourth-order valence-corrected chi connectivity index (χ4v) is 2.67. The number of hydrogen-bond acceptors (Lipinski definition) is 1. The summed E-state index contributed by atoms with van der Waals surface area (Å²) >= 11 is 5.95. The van der Waals surface area contributed by atoms with Crippen LogP contribution in [-0.2, 0) is 11.2 Å². The maximum absolute atomic E-state index is 12.2. The third-order valence-electron chi connectivity index (χ3n) is 3.56. The normalized spacial score (nSPS) is 12.0. The van der Waals surface area contributed by atoms with Gasteiger partial charge in [-0.1, -0.05) is 54.9 Å². The van der Waals surface area contributed by atoms with Gasteiger partial charge >= 0.3 is 0 Å². The van der Waals surface area contributed by atoms with Crippen molar-refractivity contribution in [1.29, 1.82) is 0 Å². The Hall–Kier alpha value is -1.80. The molecule has 0 unspecified atom stereocenters. The smallest absolute Gasteiger partial charge is 0.224 e. The molecule has 0 saturated carbocycles. The molecule has 0 aliphatic carbocycles. The number of amides is 1. The molecule has 2 aromatic rings. The lowest BCUT2D eigenvalue weighted by Crippen LogP contribution is -2.29. The Bertz CT molecular complexity index is 624. The largest absolute Gasteiger partial charge is 0.349 e. The highest BCUT2D eigenvalue weighted by Gasteiger charge is 2.14. The molecule has 0 aromatic heterocycles. The summed E-state index contributed by atoms with van der Waals surface area (Å²) in [5.41, 5.74) is 3.31. The van der Waals surface area contributed by atoms with Gasteiger partial charge in [0.05, 0.1) is 12.5 Å². The molecule has 0 aliphatic rings. The average molecular weight is 302 g/mol. The van der Waals surface area contributed by atoms with Crippen molar-refractivity contribution >= 4 is 17.5 Å². The van der Waals surface area contributed by atoms with Gasteiger partial charge in [0.15, 0.2) is 0 Å². The Balaban J connectivity index is 2.05. The van der Waals surface area contributed by atoms with E-state index in [0.29, 0.717) is 11.4 Å². The molecule has 21 heavy (non-hydrogen) atoms. The molecule has 0 fully saturated rings. The van der Waals surface area contributed by atoms with Crippen LogP contribution in [0.3, 0.4) is 0 Å². The molecule has 110 valence electrons. The SMILES string of the molecule is CC[C@H](NC(=O)Cc1cccc(Cl)c1)c1ccccc1C. The molecule has 0 saturated heterocycles. The van der Waals surface area contributed by atoms with Crippen molar-refractivity contribution in [2.24, 2.45) is 0 Å². The molecule has 0 heterocycles. The lowest BCUT2D eigenvalue weighted by Gasteiger charge is -2.19. The van der Waals surface area contributed by atoms with E-state index in [-0.39, 0.29) is 11.9 Å². The molecule has 0 radical (unpaired) electrons. The van der Waals surface area contributed by atoms with Crippen LogP contribution in [0.2, 0.25) is 5.02 Å². The lowest BCUT2D eigenvalue weighted by molar-refractivity contribution is -0.121. The summed E-state index contributed by atoms with van der Waals surface area (Å²) in [5, 5.41) is 3.77. The van der Waals surface area contributed by atoms with E-state index in [0.717, 1.165) is 12.0 Å². The van der Waals surface area contributed by atoms with Gasteiger partial charge in [-0.2, -0.15) is 0 Å². The topological polar surface area (TPSA) is 29.1 Å². The molecule has 1 atom stereocenters. The number of carbonyl (C=O) groups excluding carboxylic acids is 1. The van der Waals surface area contributed by atoms with Gasteiger partial charge in [-0.3, -0.25) is 4.79 Å². The summed E-state index contributed by atoms with van der Waals surface area (Å²) in [6.45, 7) is 4.15. The Labute approximate surface area is 131 Å². The molecule has 3 heteroatoms. The van der Waals surface area contributed by atoms with Gasteiger partial charge in [0.2, 0.25) is 5.91 Å². The molecule has 0 spiro atoms. The van der Waals surface area contributed by atoms with Crippen LogP contribution in [0, 0.1) is 6.92 Å². The van der Waals surface area contributed by atoms with E-state index in [2.05, 4.69) is 31.3 Å². The average Bonchev–Trinajstić information content (AvgIpc) is 2.45. The van der Waals surface area contributed by atoms with Crippen LogP contribution in [0.5, 0.6) is 0 Å². The maximum atomic E-state index is 12.2. The predicted octanol–water partition coefficient (Wildman–Crippen LogP) is 4.46. The number of rotatable bonds is 5. The molecular formula is C18H20ClNO. The summed E-state index contributed by atoms with van der Waals surface area (Å²) < 4.78 is 0. The molecular weight excluding hydrogens is 282 g/mol. The van der Waals surface area contributed by atoms with Crippen LogP contribution in [0.4, 0.5) is 0 Å². The molecule has 0 bridgehead atoms. The summed E-state index contributed by atoms with van der Waals surface area (Å²) in [4.78, 5) is 12.2. The Morgan fingerprint density at radius 1 is 1.19 bits per heavy atom. The molecule has 1 N–H and O–H groups in total. The van der Waals surface area contributed by atoms with E-state index >= 15 is 0 Å². The van der Waals surface area contributed by atoms with Gasteiger partial charge in [-0.25, -0.2) is 0 Å². The Morgan fingerprint density at radius 3 is 2.62 bits per heavy atom. The summed E-state index contributed by atoms with van der Waals surface area (Å²) in [6.07, 6.45) is 1.22.